The molecule has 1 saturated heterocycles. The van der Waals surface area contributed by atoms with Gasteiger partial charge in [-0.1, -0.05) is 30.3 Å². The molecule has 0 aliphatic carbocycles. The van der Waals surface area contributed by atoms with Crippen molar-refractivity contribution < 1.29 is 4.74 Å². The molecule has 1 fully saturated rings. The summed E-state index contributed by atoms with van der Waals surface area (Å²) in [5.41, 5.74) is 7.35. The standard InChI is InChI=1S/C17H22N2O/c1-20-16-9-8-13-6-2-3-7-14(13)17(16)15(12-18)19-10-4-5-11-19/h2-3,6-9,15H,4-5,10-12,18H2,1H3/t15-/m1/s1. The van der Waals surface area contributed by atoms with E-state index < -0.39 is 0 Å². The van der Waals surface area contributed by atoms with Gasteiger partial charge < -0.3 is 10.5 Å². The summed E-state index contributed by atoms with van der Waals surface area (Å²) in [5.74, 6) is 0.950. The summed E-state index contributed by atoms with van der Waals surface area (Å²) in [6.07, 6.45) is 2.53. The molecule has 0 aromatic heterocycles. The van der Waals surface area contributed by atoms with Gasteiger partial charge in [0.2, 0.25) is 0 Å². The lowest BCUT2D eigenvalue weighted by Gasteiger charge is -2.29. The first-order chi connectivity index (χ1) is 9.85. The molecule has 1 aliphatic rings. The van der Waals surface area contributed by atoms with E-state index in [1.54, 1.807) is 7.11 Å². The molecule has 3 rings (SSSR count). The number of benzene rings is 2. The first-order valence-corrected chi connectivity index (χ1v) is 7.35. The molecule has 2 aromatic carbocycles. The van der Waals surface area contributed by atoms with Crippen molar-refractivity contribution >= 4 is 10.8 Å². The number of rotatable bonds is 4. The van der Waals surface area contributed by atoms with Gasteiger partial charge in [0.05, 0.1) is 13.2 Å². The summed E-state index contributed by atoms with van der Waals surface area (Å²) in [7, 11) is 1.74. The van der Waals surface area contributed by atoms with Crippen LogP contribution in [0.3, 0.4) is 0 Å². The van der Waals surface area contributed by atoms with Crippen molar-refractivity contribution in [2.45, 2.75) is 18.9 Å². The maximum absolute atomic E-state index is 6.10. The number of methoxy groups -OCH3 is 1. The number of nitrogens with zero attached hydrogens (tertiary/aromatic N) is 1. The van der Waals surface area contributed by atoms with Gasteiger partial charge in [-0.15, -0.1) is 0 Å². The molecule has 1 atom stereocenters. The highest BCUT2D eigenvalue weighted by Crippen LogP contribution is 2.36. The maximum Gasteiger partial charge on any atom is 0.124 e. The van der Waals surface area contributed by atoms with E-state index in [-0.39, 0.29) is 6.04 Å². The molecule has 2 N–H and O–H groups in total. The Labute approximate surface area is 120 Å². The lowest BCUT2D eigenvalue weighted by Crippen LogP contribution is -2.31. The highest BCUT2D eigenvalue weighted by atomic mass is 16.5. The average molecular weight is 270 g/mol. The van der Waals surface area contributed by atoms with Crippen LogP contribution in [0.2, 0.25) is 0 Å². The third-order valence-corrected chi connectivity index (χ3v) is 4.29. The fourth-order valence-electron chi connectivity index (χ4n) is 3.30. The largest absolute Gasteiger partial charge is 0.496 e. The van der Waals surface area contributed by atoms with Gasteiger partial charge in [0, 0.05) is 12.1 Å². The minimum absolute atomic E-state index is 0.249. The predicted molar refractivity (Wildman–Crippen MR) is 83.1 cm³/mol. The number of ether oxygens (including phenoxy) is 1. The zero-order valence-electron chi connectivity index (χ0n) is 12.0. The van der Waals surface area contributed by atoms with E-state index in [1.807, 2.05) is 0 Å². The Morgan fingerprint density at radius 2 is 1.90 bits per heavy atom. The van der Waals surface area contributed by atoms with Crippen LogP contribution in [0.15, 0.2) is 36.4 Å². The fourth-order valence-corrected chi connectivity index (χ4v) is 3.30. The zero-order chi connectivity index (χ0) is 13.9. The van der Waals surface area contributed by atoms with Crippen LogP contribution in [0.4, 0.5) is 0 Å². The Balaban J connectivity index is 2.15. The van der Waals surface area contributed by atoms with Crippen LogP contribution in [0.5, 0.6) is 5.75 Å². The Morgan fingerprint density at radius 1 is 1.15 bits per heavy atom. The average Bonchev–Trinajstić information content (AvgIpc) is 3.02. The van der Waals surface area contributed by atoms with Gasteiger partial charge in [0.1, 0.15) is 5.75 Å². The molecule has 1 aliphatic heterocycles. The second-order valence-corrected chi connectivity index (χ2v) is 5.40. The van der Waals surface area contributed by atoms with Crippen molar-refractivity contribution in [3.63, 3.8) is 0 Å². The van der Waals surface area contributed by atoms with Gasteiger partial charge in [-0.05, 0) is 42.8 Å². The van der Waals surface area contributed by atoms with Crippen molar-refractivity contribution in [1.82, 2.24) is 4.90 Å². The van der Waals surface area contributed by atoms with E-state index in [0.717, 1.165) is 18.8 Å². The quantitative estimate of drug-likeness (QED) is 0.928. The SMILES string of the molecule is COc1ccc2ccccc2c1[C@@H](CN)N1CCCC1. The summed E-state index contributed by atoms with van der Waals surface area (Å²) in [6, 6.07) is 12.9. The molecule has 3 heteroatoms. The zero-order valence-corrected chi connectivity index (χ0v) is 12.0. The molecule has 20 heavy (non-hydrogen) atoms. The van der Waals surface area contributed by atoms with E-state index in [2.05, 4.69) is 41.3 Å². The Morgan fingerprint density at radius 3 is 2.60 bits per heavy atom. The van der Waals surface area contributed by atoms with E-state index in [1.165, 1.54) is 29.2 Å². The van der Waals surface area contributed by atoms with Gasteiger partial charge >= 0.3 is 0 Å². The van der Waals surface area contributed by atoms with Crippen molar-refractivity contribution in [2.75, 3.05) is 26.7 Å². The van der Waals surface area contributed by atoms with E-state index in [4.69, 9.17) is 10.5 Å². The van der Waals surface area contributed by atoms with Gasteiger partial charge in [-0.3, -0.25) is 4.90 Å². The second-order valence-electron chi connectivity index (χ2n) is 5.40. The lowest BCUT2D eigenvalue weighted by atomic mass is 9.96. The van der Waals surface area contributed by atoms with Crippen LogP contribution in [-0.4, -0.2) is 31.6 Å². The molecule has 3 nitrogen and oxygen atoms in total. The minimum atomic E-state index is 0.249. The number of hydrogen-bond acceptors (Lipinski definition) is 3. The molecule has 0 saturated carbocycles. The Bertz CT molecular complexity index is 591. The molecular formula is C17H22N2O. The fraction of sp³-hybridized carbons (Fsp3) is 0.412. The van der Waals surface area contributed by atoms with Crippen molar-refractivity contribution in [3.05, 3.63) is 42.0 Å². The van der Waals surface area contributed by atoms with Crippen LogP contribution in [0, 0.1) is 0 Å². The van der Waals surface area contributed by atoms with Crippen LogP contribution in [-0.2, 0) is 0 Å². The summed E-state index contributed by atoms with van der Waals surface area (Å²) in [6.45, 7) is 2.90. The monoisotopic (exact) mass is 270 g/mol. The first-order valence-electron chi connectivity index (χ1n) is 7.35. The van der Waals surface area contributed by atoms with Crippen LogP contribution in [0.25, 0.3) is 10.8 Å². The van der Waals surface area contributed by atoms with Crippen molar-refractivity contribution in [2.24, 2.45) is 5.73 Å². The van der Waals surface area contributed by atoms with Gasteiger partial charge in [-0.25, -0.2) is 0 Å². The molecule has 2 aromatic rings. The summed E-state index contributed by atoms with van der Waals surface area (Å²) < 4.78 is 5.61. The first kappa shape index (κ1) is 13.4. The Kier molecular flexibility index (Phi) is 3.90. The predicted octanol–water partition coefficient (Wildman–Crippen LogP) is 2.94. The molecule has 0 bridgehead atoms. The lowest BCUT2D eigenvalue weighted by molar-refractivity contribution is 0.247. The van der Waals surface area contributed by atoms with E-state index >= 15 is 0 Å². The van der Waals surface area contributed by atoms with Crippen LogP contribution in [0.1, 0.15) is 24.4 Å². The molecule has 0 unspecified atom stereocenters. The van der Waals surface area contributed by atoms with Crippen LogP contribution >= 0.6 is 0 Å². The summed E-state index contributed by atoms with van der Waals surface area (Å²) in [5, 5.41) is 2.51. The number of hydrogen-bond donors (Lipinski definition) is 1. The normalized spacial score (nSPS) is 17.5. The van der Waals surface area contributed by atoms with E-state index in [9.17, 15) is 0 Å². The number of nitrogens with two attached hydrogens (primary N) is 1. The van der Waals surface area contributed by atoms with Gasteiger partial charge in [0.25, 0.3) is 0 Å². The molecule has 0 radical (unpaired) electrons. The smallest absolute Gasteiger partial charge is 0.124 e. The third kappa shape index (κ3) is 2.28. The summed E-state index contributed by atoms with van der Waals surface area (Å²) in [4.78, 5) is 2.49. The molecule has 0 amide bonds. The van der Waals surface area contributed by atoms with Crippen LogP contribution < -0.4 is 10.5 Å². The van der Waals surface area contributed by atoms with Crippen molar-refractivity contribution in [3.8, 4) is 5.75 Å². The molecular weight excluding hydrogens is 248 g/mol. The van der Waals surface area contributed by atoms with Crippen molar-refractivity contribution in [1.29, 1.82) is 0 Å². The third-order valence-electron chi connectivity index (χ3n) is 4.29. The summed E-state index contributed by atoms with van der Waals surface area (Å²) >= 11 is 0. The Hall–Kier alpha value is -1.58. The minimum Gasteiger partial charge on any atom is -0.496 e. The number of fused-ring (bicyclic) bond motifs is 1. The number of likely N-dealkylation sites (tertiary alicyclic amines) is 1. The highest BCUT2D eigenvalue weighted by molar-refractivity contribution is 5.88. The topological polar surface area (TPSA) is 38.5 Å². The van der Waals surface area contributed by atoms with E-state index in [0.29, 0.717) is 6.54 Å². The van der Waals surface area contributed by atoms with Gasteiger partial charge in [-0.2, -0.15) is 0 Å². The second kappa shape index (κ2) is 5.81. The maximum atomic E-state index is 6.10. The molecule has 0 spiro atoms. The molecule has 1 heterocycles. The van der Waals surface area contributed by atoms with Gasteiger partial charge in [0.15, 0.2) is 0 Å². The molecule has 106 valence electrons. The highest BCUT2D eigenvalue weighted by Gasteiger charge is 2.26.